The van der Waals surface area contributed by atoms with Crippen molar-refractivity contribution in [1.82, 2.24) is 14.3 Å². The molecule has 0 bridgehead atoms. The van der Waals surface area contributed by atoms with Crippen LogP contribution in [0.3, 0.4) is 0 Å². The van der Waals surface area contributed by atoms with Gasteiger partial charge in [-0.3, -0.25) is 0 Å². The van der Waals surface area contributed by atoms with Crippen LogP contribution in [0, 0.1) is 6.92 Å². The molecule has 1 saturated carbocycles. The predicted molar refractivity (Wildman–Crippen MR) is 131 cm³/mol. The third-order valence-electron chi connectivity index (χ3n) is 6.17. The van der Waals surface area contributed by atoms with Gasteiger partial charge in [0.05, 0.1) is 22.5 Å². The summed E-state index contributed by atoms with van der Waals surface area (Å²) in [5, 5.41) is 1.81. The van der Waals surface area contributed by atoms with Gasteiger partial charge in [-0.2, -0.15) is 9.36 Å². The third-order valence-corrected chi connectivity index (χ3v) is 7.32. The number of ether oxygens (including phenoxy) is 1. The molecular weight excluding hydrogens is 463 g/mol. The number of hydrogen-bond donors (Lipinski definition) is 0. The van der Waals surface area contributed by atoms with Crippen molar-refractivity contribution >= 4 is 46.8 Å². The van der Waals surface area contributed by atoms with Crippen LogP contribution in [0.4, 0.5) is 5.69 Å². The molecule has 1 aliphatic heterocycles. The number of halogens is 2. The van der Waals surface area contributed by atoms with E-state index in [1.807, 2.05) is 37.5 Å². The normalized spacial score (nSPS) is 17.7. The fraction of sp³-hybridized carbons (Fsp3) is 0.375. The standard InChI is InChI=1S/C24H24Cl2N4OS/c1-16-13-20(27-15-30-11-3-2-4-12-30)19(26)14-21(16)31-23-28-22(29-32-23)24(9-10-24)17-5-7-18(25)8-6-17/h5-8,13-15H,2-4,9-12H2,1H3. The largest absolute Gasteiger partial charge is 0.430 e. The number of aryl methyl sites for hydroxylation is 1. The third kappa shape index (κ3) is 4.49. The summed E-state index contributed by atoms with van der Waals surface area (Å²) in [6.07, 6.45) is 7.69. The second-order valence-corrected chi connectivity index (χ2v) is 10.0. The second-order valence-electron chi connectivity index (χ2n) is 8.49. The molecule has 2 aliphatic rings. The Hall–Kier alpha value is -2.15. The number of nitrogens with zero attached hydrogens (tertiary/aromatic N) is 4. The molecule has 2 heterocycles. The average Bonchev–Trinajstić information content (AvgIpc) is 3.48. The van der Waals surface area contributed by atoms with E-state index in [2.05, 4.69) is 26.4 Å². The lowest BCUT2D eigenvalue weighted by molar-refractivity contribution is 0.351. The van der Waals surface area contributed by atoms with E-state index in [1.54, 1.807) is 0 Å². The van der Waals surface area contributed by atoms with E-state index in [-0.39, 0.29) is 5.41 Å². The van der Waals surface area contributed by atoms with Crippen molar-refractivity contribution in [3.8, 4) is 10.9 Å². The molecule has 2 aromatic carbocycles. The van der Waals surface area contributed by atoms with E-state index in [0.717, 1.165) is 48.0 Å². The van der Waals surface area contributed by atoms with Crippen LogP contribution >= 0.6 is 34.7 Å². The zero-order valence-electron chi connectivity index (χ0n) is 17.9. The minimum Gasteiger partial charge on any atom is -0.430 e. The van der Waals surface area contributed by atoms with Gasteiger partial charge in [-0.25, -0.2) is 4.99 Å². The van der Waals surface area contributed by atoms with Crippen LogP contribution in [0.5, 0.6) is 10.9 Å². The molecule has 1 aliphatic carbocycles. The number of piperidine rings is 1. The van der Waals surface area contributed by atoms with Gasteiger partial charge >= 0.3 is 0 Å². The summed E-state index contributed by atoms with van der Waals surface area (Å²) in [5.41, 5.74) is 2.78. The summed E-state index contributed by atoms with van der Waals surface area (Å²) >= 11 is 13.8. The lowest BCUT2D eigenvalue weighted by atomic mass is 9.95. The summed E-state index contributed by atoms with van der Waals surface area (Å²) in [4.78, 5) is 11.6. The molecule has 1 saturated heterocycles. The minimum absolute atomic E-state index is 0.123. The van der Waals surface area contributed by atoms with Crippen molar-refractivity contribution in [1.29, 1.82) is 0 Å². The van der Waals surface area contributed by atoms with Crippen LogP contribution in [0.1, 0.15) is 49.1 Å². The lowest BCUT2D eigenvalue weighted by Gasteiger charge is -2.23. The number of benzene rings is 2. The first-order valence-electron chi connectivity index (χ1n) is 10.9. The number of rotatable bonds is 6. The molecular formula is C24H24Cl2N4OS. The highest BCUT2D eigenvalue weighted by Gasteiger charge is 2.49. The van der Waals surface area contributed by atoms with Gasteiger partial charge in [-0.1, -0.05) is 35.3 Å². The maximum Gasteiger partial charge on any atom is 0.298 e. The van der Waals surface area contributed by atoms with Crippen LogP contribution in [-0.4, -0.2) is 33.7 Å². The molecule has 0 amide bonds. The first-order chi connectivity index (χ1) is 15.5. The Morgan fingerprint density at radius 2 is 1.84 bits per heavy atom. The second kappa shape index (κ2) is 9.00. The van der Waals surface area contributed by atoms with Crippen molar-refractivity contribution in [2.24, 2.45) is 4.99 Å². The van der Waals surface area contributed by atoms with Crippen LogP contribution in [-0.2, 0) is 5.41 Å². The average molecular weight is 487 g/mol. The van der Waals surface area contributed by atoms with Crippen LogP contribution in [0.15, 0.2) is 41.4 Å². The van der Waals surface area contributed by atoms with Crippen LogP contribution in [0.2, 0.25) is 10.0 Å². The number of aromatic nitrogens is 2. The molecule has 0 atom stereocenters. The lowest BCUT2D eigenvalue weighted by Crippen LogP contribution is -2.27. The molecule has 0 radical (unpaired) electrons. The van der Waals surface area contributed by atoms with Gasteiger partial charge in [0.2, 0.25) is 0 Å². The van der Waals surface area contributed by atoms with Gasteiger partial charge in [-0.15, -0.1) is 0 Å². The van der Waals surface area contributed by atoms with Crippen molar-refractivity contribution in [3.05, 3.63) is 63.4 Å². The Bertz CT molecular complexity index is 1140. The van der Waals surface area contributed by atoms with Gasteiger partial charge in [-0.05, 0) is 68.4 Å². The molecule has 0 spiro atoms. The maximum atomic E-state index is 6.51. The highest BCUT2D eigenvalue weighted by Crippen LogP contribution is 2.53. The quantitative estimate of drug-likeness (QED) is 0.273. The van der Waals surface area contributed by atoms with E-state index in [9.17, 15) is 0 Å². The van der Waals surface area contributed by atoms with Crippen molar-refractivity contribution < 1.29 is 4.74 Å². The summed E-state index contributed by atoms with van der Waals surface area (Å²) in [6.45, 7) is 4.10. The fourth-order valence-electron chi connectivity index (χ4n) is 4.11. The molecule has 166 valence electrons. The van der Waals surface area contributed by atoms with Gasteiger partial charge < -0.3 is 9.64 Å². The topological polar surface area (TPSA) is 50.6 Å². The van der Waals surface area contributed by atoms with Crippen molar-refractivity contribution in [2.75, 3.05) is 13.1 Å². The van der Waals surface area contributed by atoms with E-state index >= 15 is 0 Å². The van der Waals surface area contributed by atoms with Crippen molar-refractivity contribution in [2.45, 2.75) is 44.4 Å². The molecule has 5 rings (SSSR count). The predicted octanol–water partition coefficient (Wildman–Crippen LogP) is 7.17. The van der Waals surface area contributed by atoms with Crippen molar-refractivity contribution in [3.63, 3.8) is 0 Å². The Morgan fingerprint density at radius 3 is 2.56 bits per heavy atom. The van der Waals surface area contributed by atoms with E-state index in [1.165, 1.54) is 36.4 Å². The summed E-state index contributed by atoms with van der Waals surface area (Å²) in [6, 6.07) is 11.7. The number of aliphatic imine (C=N–C) groups is 1. The SMILES string of the molecule is Cc1cc(N=CN2CCCCC2)c(Cl)cc1Oc1nc(C2(c3ccc(Cl)cc3)CC2)ns1. The molecule has 1 aromatic heterocycles. The monoisotopic (exact) mass is 486 g/mol. The van der Waals surface area contributed by atoms with Crippen LogP contribution in [0.25, 0.3) is 0 Å². The highest BCUT2D eigenvalue weighted by atomic mass is 35.5. The molecule has 5 nitrogen and oxygen atoms in total. The Balaban J connectivity index is 1.32. The van der Waals surface area contributed by atoms with Gasteiger partial charge in [0, 0.05) is 35.7 Å². The highest BCUT2D eigenvalue weighted by molar-refractivity contribution is 7.07. The van der Waals surface area contributed by atoms with E-state index < -0.39 is 0 Å². The summed E-state index contributed by atoms with van der Waals surface area (Å²) < 4.78 is 10.7. The Labute approximate surface area is 202 Å². The van der Waals surface area contributed by atoms with E-state index in [4.69, 9.17) is 32.9 Å². The first-order valence-corrected chi connectivity index (χ1v) is 12.4. The molecule has 3 aromatic rings. The molecule has 0 N–H and O–H groups in total. The van der Waals surface area contributed by atoms with E-state index in [0.29, 0.717) is 16.0 Å². The van der Waals surface area contributed by atoms with Gasteiger partial charge in [0.15, 0.2) is 5.82 Å². The number of likely N-dealkylation sites (tertiary alicyclic amines) is 1. The zero-order chi connectivity index (χ0) is 22.1. The molecule has 8 heteroatoms. The van der Waals surface area contributed by atoms with Gasteiger partial charge in [0.25, 0.3) is 5.19 Å². The van der Waals surface area contributed by atoms with Gasteiger partial charge in [0.1, 0.15) is 5.75 Å². The fourth-order valence-corrected chi connectivity index (χ4v) is 5.07. The molecule has 32 heavy (non-hydrogen) atoms. The number of hydrogen-bond acceptors (Lipinski definition) is 5. The summed E-state index contributed by atoms with van der Waals surface area (Å²) in [7, 11) is 0. The Morgan fingerprint density at radius 1 is 1.09 bits per heavy atom. The summed E-state index contributed by atoms with van der Waals surface area (Å²) in [5.74, 6) is 1.48. The molecule has 2 fully saturated rings. The maximum absolute atomic E-state index is 6.51. The minimum atomic E-state index is -0.123. The smallest absolute Gasteiger partial charge is 0.298 e. The van der Waals surface area contributed by atoms with Crippen LogP contribution < -0.4 is 4.74 Å². The zero-order valence-corrected chi connectivity index (χ0v) is 20.2. The molecule has 0 unspecified atom stereocenters. The first kappa shape index (κ1) is 21.7. The Kier molecular flexibility index (Phi) is 6.10.